The Bertz CT molecular complexity index is 781. The first-order chi connectivity index (χ1) is 14.6. The molecule has 0 saturated carbocycles. The van der Waals surface area contributed by atoms with Gasteiger partial charge in [-0.1, -0.05) is 31.2 Å². The number of guanidine groups is 1. The first-order valence-corrected chi connectivity index (χ1v) is 10.9. The van der Waals surface area contributed by atoms with E-state index < -0.39 is 0 Å². The first kappa shape index (κ1) is 22.0. The third-order valence-electron chi connectivity index (χ3n) is 5.56. The molecule has 1 unspecified atom stereocenters. The standard InChI is InChI=1S/C23H35N7/c1-5-19-8-10-20(11-9-19)21(28(3)4)18-27-22(24-6-2)29-14-16-30(17-15-29)23-25-12-7-13-26-23/h7-13,21H,5-6,14-18H2,1-4H3,(H,24,27). The Kier molecular flexibility index (Phi) is 8.02. The van der Waals surface area contributed by atoms with E-state index in [2.05, 4.69) is 82.2 Å². The molecule has 30 heavy (non-hydrogen) atoms. The monoisotopic (exact) mass is 409 g/mol. The van der Waals surface area contributed by atoms with E-state index in [9.17, 15) is 0 Å². The maximum absolute atomic E-state index is 5.02. The minimum atomic E-state index is 0.253. The largest absolute Gasteiger partial charge is 0.357 e. The van der Waals surface area contributed by atoms with Gasteiger partial charge >= 0.3 is 0 Å². The molecule has 1 aliphatic heterocycles. The normalized spacial score (nSPS) is 16.1. The van der Waals surface area contributed by atoms with Crippen molar-refractivity contribution in [1.82, 2.24) is 25.1 Å². The molecule has 0 aliphatic carbocycles. The van der Waals surface area contributed by atoms with Gasteiger partial charge < -0.3 is 20.0 Å². The fourth-order valence-corrected chi connectivity index (χ4v) is 3.71. The van der Waals surface area contributed by atoms with Crippen molar-refractivity contribution in [3.63, 3.8) is 0 Å². The number of nitrogens with one attached hydrogen (secondary N) is 1. The number of piperazine rings is 1. The molecule has 7 heteroatoms. The highest BCUT2D eigenvalue weighted by Crippen LogP contribution is 2.20. The molecular weight excluding hydrogens is 374 g/mol. The molecule has 1 aromatic heterocycles. The van der Waals surface area contributed by atoms with Crippen molar-refractivity contribution >= 4 is 11.9 Å². The van der Waals surface area contributed by atoms with Crippen LogP contribution in [-0.4, -0.2) is 79.1 Å². The van der Waals surface area contributed by atoms with Crippen LogP contribution in [0.25, 0.3) is 0 Å². The molecule has 3 rings (SSSR count). The summed E-state index contributed by atoms with van der Waals surface area (Å²) in [5, 5.41) is 3.48. The fourth-order valence-electron chi connectivity index (χ4n) is 3.71. The van der Waals surface area contributed by atoms with Crippen molar-refractivity contribution in [2.75, 3.05) is 58.3 Å². The number of rotatable bonds is 7. The molecular formula is C23H35N7. The second-order valence-electron chi connectivity index (χ2n) is 7.79. The lowest BCUT2D eigenvalue weighted by molar-refractivity contribution is 0.303. The van der Waals surface area contributed by atoms with Crippen molar-refractivity contribution in [2.45, 2.75) is 26.3 Å². The van der Waals surface area contributed by atoms with Gasteiger partial charge in [0.05, 0.1) is 12.6 Å². The number of aryl methyl sites for hydroxylation is 1. The highest BCUT2D eigenvalue weighted by Gasteiger charge is 2.22. The van der Waals surface area contributed by atoms with E-state index in [4.69, 9.17) is 4.99 Å². The number of aliphatic imine (C=N–C) groups is 1. The first-order valence-electron chi connectivity index (χ1n) is 10.9. The van der Waals surface area contributed by atoms with E-state index in [1.54, 1.807) is 12.4 Å². The third kappa shape index (κ3) is 5.69. The molecule has 0 amide bonds. The number of nitrogens with zero attached hydrogens (tertiary/aromatic N) is 6. The average molecular weight is 410 g/mol. The summed E-state index contributed by atoms with van der Waals surface area (Å²) in [6, 6.07) is 11.0. The molecule has 1 N–H and O–H groups in total. The second-order valence-corrected chi connectivity index (χ2v) is 7.79. The molecule has 7 nitrogen and oxygen atoms in total. The molecule has 1 saturated heterocycles. The van der Waals surface area contributed by atoms with Crippen molar-refractivity contribution in [3.05, 3.63) is 53.9 Å². The Morgan fingerprint density at radius 1 is 1.07 bits per heavy atom. The Labute approximate surface area is 180 Å². The van der Waals surface area contributed by atoms with Gasteiger partial charge in [0.25, 0.3) is 0 Å². The van der Waals surface area contributed by atoms with Crippen LogP contribution in [0.15, 0.2) is 47.7 Å². The zero-order valence-corrected chi connectivity index (χ0v) is 18.8. The Hall–Kier alpha value is -2.67. The van der Waals surface area contributed by atoms with Gasteiger partial charge in [0.1, 0.15) is 0 Å². The van der Waals surface area contributed by atoms with E-state index in [0.717, 1.165) is 57.6 Å². The smallest absolute Gasteiger partial charge is 0.225 e. The highest BCUT2D eigenvalue weighted by atomic mass is 15.4. The molecule has 0 bridgehead atoms. The molecule has 2 heterocycles. The van der Waals surface area contributed by atoms with Crippen molar-refractivity contribution in [3.8, 4) is 0 Å². The van der Waals surface area contributed by atoms with Gasteiger partial charge in [-0.2, -0.15) is 0 Å². The minimum Gasteiger partial charge on any atom is -0.357 e. The summed E-state index contributed by atoms with van der Waals surface area (Å²) in [7, 11) is 4.25. The van der Waals surface area contributed by atoms with Gasteiger partial charge in [0.2, 0.25) is 5.95 Å². The number of aromatic nitrogens is 2. The Morgan fingerprint density at radius 2 is 1.73 bits per heavy atom. The van der Waals surface area contributed by atoms with Gasteiger partial charge in [-0.15, -0.1) is 0 Å². The Morgan fingerprint density at radius 3 is 2.30 bits per heavy atom. The van der Waals surface area contributed by atoms with Crippen LogP contribution in [0.3, 0.4) is 0 Å². The number of likely N-dealkylation sites (N-methyl/N-ethyl adjacent to an activating group) is 1. The van der Waals surface area contributed by atoms with Crippen LogP contribution < -0.4 is 10.2 Å². The SMILES string of the molecule is CCNC(=NCC(c1ccc(CC)cc1)N(C)C)N1CCN(c2ncccn2)CC1. The number of hydrogen-bond donors (Lipinski definition) is 1. The van der Waals surface area contributed by atoms with Crippen LogP contribution in [0.5, 0.6) is 0 Å². The van der Waals surface area contributed by atoms with Crippen LogP contribution in [0.2, 0.25) is 0 Å². The summed E-state index contributed by atoms with van der Waals surface area (Å²) in [5.74, 6) is 1.80. The van der Waals surface area contributed by atoms with Gasteiger partial charge in [-0.3, -0.25) is 4.99 Å². The third-order valence-corrected chi connectivity index (χ3v) is 5.56. The average Bonchev–Trinajstić information content (AvgIpc) is 2.79. The lowest BCUT2D eigenvalue weighted by Crippen LogP contribution is -2.53. The van der Waals surface area contributed by atoms with Gasteiger partial charge in [0.15, 0.2) is 5.96 Å². The highest BCUT2D eigenvalue weighted by molar-refractivity contribution is 5.80. The maximum Gasteiger partial charge on any atom is 0.225 e. The Balaban J connectivity index is 1.66. The molecule has 1 aromatic carbocycles. The topological polar surface area (TPSA) is 59.9 Å². The van der Waals surface area contributed by atoms with Crippen molar-refractivity contribution in [2.24, 2.45) is 4.99 Å². The zero-order chi connectivity index (χ0) is 21.3. The van der Waals surface area contributed by atoms with Crippen LogP contribution in [0, 0.1) is 0 Å². The van der Waals surface area contributed by atoms with Crippen molar-refractivity contribution < 1.29 is 0 Å². The van der Waals surface area contributed by atoms with Crippen LogP contribution in [-0.2, 0) is 6.42 Å². The molecule has 1 fully saturated rings. The number of anilines is 1. The fraction of sp³-hybridized carbons (Fsp3) is 0.522. The van der Waals surface area contributed by atoms with Crippen LogP contribution in [0.1, 0.15) is 31.0 Å². The van der Waals surface area contributed by atoms with Crippen LogP contribution in [0.4, 0.5) is 5.95 Å². The van der Waals surface area contributed by atoms with E-state index in [-0.39, 0.29) is 6.04 Å². The summed E-state index contributed by atoms with van der Waals surface area (Å²) in [6.07, 6.45) is 4.67. The van der Waals surface area contributed by atoms with E-state index in [1.807, 2.05) is 6.07 Å². The van der Waals surface area contributed by atoms with E-state index in [1.165, 1.54) is 11.1 Å². The predicted octanol–water partition coefficient (Wildman–Crippen LogP) is 2.43. The van der Waals surface area contributed by atoms with Gasteiger partial charge in [-0.05, 0) is 44.6 Å². The number of hydrogen-bond acceptors (Lipinski definition) is 5. The lowest BCUT2D eigenvalue weighted by atomic mass is 10.0. The summed E-state index contributed by atoms with van der Waals surface area (Å²) < 4.78 is 0. The van der Waals surface area contributed by atoms with Crippen LogP contribution >= 0.6 is 0 Å². The van der Waals surface area contributed by atoms with Crippen molar-refractivity contribution in [1.29, 1.82) is 0 Å². The van der Waals surface area contributed by atoms with E-state index >= 15 is 0 Å². The van der Waals surface area contributed by atoms with Gasteiger partial charge in [0, 0.05) is 45.1 Å². The second kappa shape index (κ2) is 10.9. The van der Waals surface area contributed by atoms with Gasteiger partial charge in [-0.25, -0.2) is 9.97 Å². The predicted molar refractivity (Wildman–Crippen MR) is 124 cm³/mol. The van der Waals surface area contributed by atoms with E-state index in [0.29, 0.717) is 0 Å². The summed E-state index contributed by atoms with van der Waals surface area (Å²) >= 11 is 0. The molecule has 0 radical (unpaired) electrons. The lowest BCUT2D eigenvalue weighted by Gasteiger charge is -2.36. The maximum atomic E-state index is 5.02. The molecule has 2 aromatic rings. The molecule has 162 valence electrons. The molecule has 1 atom stereocenters. The minimum absolute atomic E-state index is 0.253. The molecule has 0 spiro atoms. The summed E-state index contributed by atoms with van der Waals surface area (Å²) in [4.78, 5) is 20.6. The summed E-state index contributed by atoms with van der Waals surface area (Å²) in [6.45, 7) is 9.49. The summed E-state index contributed by atoms with van der Waals surface area (Å²) in [5.41, 5.74) is 2.68. The zero-order valence-electron chi connectivity index (χ0n) is 18.8. The quantitative estimate of drug-likeness (QED) is 0.560. The number of benzene rings is 1. The molecule has 1 aliphatic rings.